The summed E-state index contributed by atoms with van der Waals surface area (Å²) in [4.78, 5) is 18.7. The highest BCUT2D eigenvalue weighted by Crippen LogP contribution is 2.30. The van der Waals surface area contributed by atoms with Crippen LogP contribution in [0.25, 0.3) is 0 Å². The second-order valence-electron chi connectivity index (χ2n) is 5.59. The van der Waals surface area contributed by atoms with Crippen LogP contribution < -0.4 is 5.32 Å². The molecular formula is C14H22N4O6S. The summed E-state index contributed by atoms with van der Waals surface area (Å²) in [7, 11) is 0. The van der Waals surface area contributed by atoms with Gasteiger partial charge in [0.15, 0.2) is 5.16 Å². The number of aliphatic hydroxyl groups excluding tert-OH is 3. The van der Waals surface area contributed by atoms with E-state index in [1.807, 2.05) is 6.92 Å². The van der Waals surface area contributed by atoms with E-state index in [4.69, 9.17) is 9.84 Å². The zero-order valence-corrected chi connectivity index (χ0v) is 14.6. The molecule has 0 aromatic carbocycles. The molecule has 1 aliphatic carbocycles. The molecule has 1 saturated carbocycles. The number of aromatic nitrogens is 2. The Balaban J connectivity index is 2.15. The van der Waals surface area contributed by atoms with Crippen molar-refractivity contribution in [2.75, 3.05) is 24.3 Å². The Hall–Kier alpha value is -1.53. The molecule has 1 aromatic heterocycles. The van der Waals surface area contributed by atoms with Crippen molar-refractivity contribution < 1.29 is 25.0 Å². The van der Waals surface area contributed by atoms with Crippen LogP contribution in [-0.4, -0.2) is 73.5 Å². The molecule has 25 heavy (non-hydrogen) atoms. The molecule has 2 rings (SSSR count). The molecule has 4 atom stereocenters. The molecule has 0 amide bonds. The third-order valence-corrected chi connectivity index (χ3v) is 4.82. The van der Waals surface area contributed by atoms with Crippen LogP contribution in [-0.2, 0) is 4.74 Å². The fraction of sp³-hybridized carbons (Fsp3) is 0.714. The number of rotatable bonds is 9. The van der Waals surface area contributed by atoms with Crippen molar-refractivity contribution in [3.63, 3.8) is 0 Å². The lowest BCUT2D eigenvalue weighted by atomic mass is 10.2. The summed E-state index contributed by atoms with van der Waals surface area (Å²) >= 11 is 1.38. The lowest BCUT2D eigenvalue weighted by Gasteiger charge is -2.18. The van der Waals surface area contributed by atoms with Crippen molar-refractivity contribution in [3.8, 4) is 0 Å². The van der Waals surface area contributed by atoms with E-state index >= 15 is 0 Å². The van der Waals surface area contributed by atoms with Gasteiger partial charge in [-0.05, 0) is 12.8 Å². The highest BCUT2D eigenvalue weighted by Gasteiger charge is 2.43. The number of hydrogen-bond acceptors (Lipinski definition) is 10. The lowest BCUT2D eigenvalue weighted by molar-refractivity contribution is -0.384. The molecule has 0 spiro atoms. The molecule has 1 fully saturated rings. The Bertz CT molecular complexity index is 592. The Kier molecular flexibility index (Phi) is 7.32. The first-order valence-electron chi connectivity index (χ1n) is 7.97. The van der Waals surface area contributed by atoms with Crippen molar-refractivity contribution in [2.24, 2.45) is 0 Å². The molecule has 1 aromatic rings. The SMILES string of the molecule is CCCSc1ncc([N+](=O)[O-])c(N[C@@H]2C[C@H](OCCO)[C@@H](O)[C@H]2O)n1. The van der Waals surface area contributed by atoms with E-state index in [2.05, 4.69) is 15.3 Å². The first-order chi connectivity index (χ1) is 12.0. The maximum Gasteiger partial charge on any atom is 0.329 e. The monoisotopic (exact) mass is 374 g/mol. The van der Waals surface area contributed by atoms with E-state index < -0.39 is 29.3 Å². The van der Waals surface area contributed by atoms with Crippen molar-refractivity contribution in [1.29, 1.82) is 0 Å². The molecule has 0 bridgehead atoms. The molecule has 10 nitrogen and oxygen atoms in total. The maximum absolute atomic E-state index is 11.2. The van der Waals surface area contributed by atoms with Gasteiger partial charge < -0.3 is 25.4 Å². The predicted octanol–water partition coefficient (Wildman–Crippen LogP) is 0.170. The Morgan fingerprint density at radius 3 is 2.88 bits per heavy atom. The summed E-state index contributed by atoms with van der Waals surface area (Å²) in [5.74, 6) is 0.775. The molecule has 1 heterocycles. The van der Waals surface area contributed by atoms with Crippen LogP contribution in [0.5, 0.6) is 0 Å². The molecule has 0 aliphatic heterocycles. The third-order valence-electron chi connectivity index (χ3n) is 3.75. The number of nitro groups is 1. The van der Waals surface area contributed by atoms with Crippen molar-refractivity contribution in [1.82, 2.24) is 9.97 Å². The molecule has 1 aliphatic rings. The van der Waals surface area contributed by atoms with E-state index in [0.717, 1.165) is 18.4 Å². The van der Waals surface area contributed by atoms with Gasteiger partial charge in [-0.25, -0.2) is 4.98 Å². The fourth-order valence-electron chi connectivity index (χ4n) is 2.54. The van der Waals surface area contributed by atoms with Crippen LogP contribution in [0.3, 0.4) is 0 Å². The van der Waals surface area contributed by atoms with E-state index in [1.165, 1.54) is 11.8 Å². The second-order valence-corrected chi connectivity index (χ2v) is 6.65. The zero-order chi connectivity index (χ0) is 18.4. The lowest BCUT2D eigenvalue weighted by Crippen LogP contribution is -2.36. The van der Waals surface area contributed by atoms with Gasteiger partial charge in [0.25, 0.3) is 0 Å². The second kappa shape index (κ2) is 9.25. The fourth-order valence-corrected chi connectivity index (χ4v) is 3.21. The van der Waals surface area contributed by atoms with Gasteiger partial charge in [-0.3, -0.25) is 10.1 Å². The molecule has 140 valence electrons. The van der Waals surface area contributed by atoms with Gasteiger partial charge >= 0.3 is 5.69 Å². The number of thioether (sulfide) groups is 1. The summed E-state index contributed by atoms with van der Waals surface area (Å²) in [6.45, 7) is 1.83. The average molecular weight is 374 g/mol. The standard InChI is InChI=1S/C14H22N4O6S/c1-2-5-25-14-15-7-9(18(22)23)13(17-14)16-8-6-10(24-4-3-19)12(21)11(8)20/h7-8,10-12,19-21H,2-6H2,1H3,(H,15,16,17)/t8-,10+,11+,12-/m1/s1. The van der Waals surface area contributed by atoms with Crippen molar-refractivity contribution in [2.45, 2.75) is 49.3 Å². The van der Waals surface area contributed by atoms with Crippen LogP contribution in [0.2, 0.25) is 0 Å². The number of nitrogens with one attached hydrogen (secondary N) is 1. The molecule has 0 saturated heterocycles. The molecular weight excluding hydrogens is 352 g/mol. The molecule has 0 unspecified atom stereocenters. The molecule has 11 heteroatoms. The van der Waals surface area contributed by atoms with E-state index in [-0.39, 0.29) is 31.1 Å². The summed E-state index contributed by atoms with van der Waals surface area (Å²) in [5, 5.41) is 43.4. The Morgan fingerprint density at radius 1 is 1.48 bits per heavy atom. The Morgan fingerprint density at radius 2 is 2.24 bits per heavy atom. The van der Waals surface area contributed by atoms with Gasteiger partial charge in [0.2, 0.25) is 5.82 Å². The quantitative estimate of drug-likeness (QED) is 0.204. The summed E-state index contributed by atoms with van der Waals surface area (Å²) < 4.78 is 5.29. The van der Waals surface area contributed by atoms with Gasteiger partial charge in [-0.2, -0.15) is 4.98 Å². The highest BCUT2D eigenvalue weighted by molar-refractivity contribution is 7.99. The third kappa shape index (κ3) is 4.98. The summed E-state index contributed by atoms with van der Waals surface area (Å²) in [6, 6.07) is -0.670. The van der Waals surface area contributed by atoms with E-state index in [0.29, 0.717) is 5.16 Å². The smallest absolute Gasteiger partial charge is 0.329 e. The number of ether oxygens (including phenoxy) is 1. The van der Waals surface area contributed by atoms with Crippen LogP contribution >= 0.6 is 11.8 Å². The van der Waals surface area contributed by atoms with Gasteiger partial charge in [-0.1, -0.05) is 18.7 Å². The van der Waals surface area contributed by atoms with Crippen LogP contribution in [0.15, 0.2) is 11.4 Å². The minimum Gasteiger partial charge on any atom is -0.394 e. The Labute approximate surface area is 148 Å². The normalized spacial score (nSPS) is 25.9. The van der Waals surface area contributed by atoms with Gasteiger partial charge in [0, 0.05) is 5.75 Å². The summed E-state index contributed by atoms with van der Waals surface area (Å²) in [5.41, 5.74) is -0.303. The maximum atomic E-state index is 11.2. The number of aliphatic hydroxyl groups is 3. The highest BCUT2D eigenvalue weighted by atomic mass is 32.2. The number of nitrogens with zero attached hydrogens (tertiary/aromatic N) is 3. The van der Waals surface area contributed by atoms with Crippen LogP contribution in [0.1, 0.15) is 19.8 Å². The van der Waals surface area contributed by atoms with E-state index in [1.54, 1.807) is 0 Å². The van der Waals surface area contributed by atoms with Crippen molar-refractivity contribution in [3.05, 3.63) is 16.3 Å². The number of anilines is 1. The topological polar surface area (TPSA) is 151 Å². The van der Waals surface area contributed by atoms with Crippen molar-refractivity contribution >= 4 is 23.3 Å². The van der Waals surface area contributed by atoms with Gasteiger partial charge in [0.05, 0.1) is 30.3 Å². The number of hydrogen-bond donors (Lipinski definition) is 4. The van der Waals surface area contributed by atoms with Gasteiger partial charge in [0.1, 0.15) is 18.4 Å². The minimum atomic E-state index is -1.18. The largest absolute Gasteiger partial charge is 0.394 e. The summed E-state index contributed by atoms with van der Waals surface area (Å²) in [6.07, 6.45) is -0.741. The first-order valence-corrected chi connectivity index (χ1v) is 8.95. The van der Waals surface area contributed by atoms with E-state index in [9.17, 15) is 20.3 Å². The minimum absolute atomic E-state index is 0.00217. The first kappa shape index (κ1) is 19.8. The van der Waals surface area contributed by atoms with Crippen LogP contribution in [0, 0.1) is 10.1 Å². The average Bonchev–Trinajstić information content (AvgIpc) is 2.86. The molecule has 4 N–H and O–H groups in total. The van der Waals surface area contributed by atoms with Crippen LogP contribution in [0.4, 0.5) is 11.5 Å². The molecule has 0 radical (unpaired) electrons. The zero-order valence-electron chi connectivity index (χ0n) is 13.7. The van der Waals surface area contributed by atoms with Gasteiger partial charge in [-0.15, -0.1) is 0 Å². The predicted molar refractivity (Wildman–Crippen MR) is 90.6 cm³/mol.